The summed E-state index contributed by atoms with van der Waals surface area (Å²) in [7, 11) is -2.11. The molecule has 1 spiro atoms. The molecule has 138 valence electrons. The van der Waals surface area contributed by atoms with Gasteiger partial charge in [0.1, 0.15) is 5.75 Å². The lowest BCUT2D eigenvalue weighted by Crippen LogP contribution is -2.52. The highest BCUT2D eigenvalue weighted by atomic mass is 32.2. The second-order valence-electron chi connectivity index (χ2n) is 7.24. The summed E-state index contributed by atoms with van der Waals surface area (Å²) >= 11 is 0. The first-order chi connectivity index (χ1) is 11.8. The summed E-state index contributed by atoms with van der Waals surface area (Å²) in [6, 6.07) is 6.64. The van der Waals surface area contributed by atoms with Crippen LogP contribution in [0.25, 0.3) is 0 Å². The third kappa shape index (κ3) is 3.15. The molecule has 3 rings (SSSR count). The Balaban J connectivity index is 1.85. The van der Waals surface area contributed by atoms with E-state index in [0.717, 1.165) is 19.4 Å². The molecule has 2 heterocycles. The van der Waals surface area contributed by atoms with E-state index in [1.807, 2.05) is 18.7 Å². The molecule has 6 nitrogen and oxygen atoms in total. The smallest absolute Gasteiger partial charge is 0.243 e. The van der Waals surface area contributed by atoms with E-state index in [-0.39, 0.29) is 23.4 Å². The van der Waals surface area contributed by atoms with Crippen LogP contribution in [-0.4, -0.2) is 56.3 Å². The first-order valence-electron chi connectivity index (χ1n) is 8.75. The number of carbonyl (C=O) groups excluding carboxylic acids is 1. The highest BCUT2D eigenvalue weighted by Crippen LogP contribution is 2.42. The van der Waals surface area contributed by atoms with Gasteiger partial charge in [-0.15, -0.1) is 0 Å². The molecule has 0 radical (unpaired) electrons. The van der Waals surface area contributed by atoms with Gasteiger partial charge < -0.3 is 9.64 Å². The Morgan fingerprint density at radius 3 is 2.64 bits per heavy atom. The number of benzene rings is 1. The number of hydrogen-bond donors (Lipinski definition) is 0. The third-order valence-corrected chi connectivity index (χ3v) is 7.23. The van der Waals surface area contributed by atoms with Crippen molar-refractivity contribution in [3.05, 3.63) is 24.3 Å². The molecule has 1 amide bonds. The van der Waals surface area contributed by atoms with Crippen LogP contribution in [0.2, 0.25) is 0 Å². The monoisotopic (exact) mass is 366 g/mol. The van der Waals surface area contributed by atoms with Crippen LogP contribution in [0.4, 0.5) is 0 Å². The number of likely N-dealkylation sites (tertiary alicyclic amines) is 1. The Hall–Kier alpha value is -1.60. The molecule has 1 aromatic carbocycles. The predicted molar refractivity (Wildman–Crippen MR) is 94.9 cm³/mol. The van der Waals surface area contributed by atoms with E-state index in [4.69, 9.17) is 4.74 Å². The summed E-state index contributed by atoms with van der Waals surface area (Å²) in [5.74, 6) is 0.617. The Bertz CT molecular complexity index is 762. The van der Waals surface area contributed by atoms with Crippen LogP contribution in [-0.2, 0) is 14.8 Å². The zero-order valence-electron chi connectivity index (χ0n) is 15.1. The molecule has 25 heavy (non-hydrogen) atoms. The summed E-state index contributed by atoms with van der Waals surface area (Å²) in [6.45, 7) is 5.44. The quantitative estimate of drug-likeness (QED) is 0.818. The number of sulfonamides is 1. The lowest BCUT2D eigenvalue weighted by Gasteiger charge is -2.41. The molecule has 7 heteroatoms. The van der Waals surface area contributed by atoms with Crippen molar-refractivity contribution in [2.45, 2.75) is 44.0 Å². The van der Waals surface area contributed by atoms with Gasteiger partial charge in [0.15, 0.2) is 0 Å². The normalized spacial score (nSPS) is 25.1. The molecule has 2 fully saturated rings. The van der Waals surface area contributed by atoms with Gasteiger partial charge in [0.25, 0.3) is 0 Å². The summed E-state index contributed by atoms with van der Waals surface area (Å²) in [5, 5.41) is 0. The van der Waals surface area contributed by atoms with Gasteiger partial charge in [-0.1, -0.05) is 6.07 Å². The maximum absolute atomic E-state index is 13.0. The van der Waals surface area contributed by atoms with Gasteiger partial charge in [-0.05, 0) is 45.2 Å². The van der Waals surface area contributed by atoms with Gasteiger partial charge in [0.2, 0.25) is 15.9 Å². The lowest BCUT2D eigenvalue weighted by atomic mass is 9.78. The summed E-state index contributed by atoms with van der Waals surface area (Å²) in [5.41, 5.74) is -0.561. The van der Waals surface area contributed by atoms with E-state index in [2.05, 4.69) is 0 Å². The van der Waals surface area contributed by atoms with Gasteiger partial charge >= 0.3 is 0 Å². The van der Waals surface area contributed by atoms with Crippen molar-refractivity contribution in [1.29, 1.82) is 0 Å². The number of rotatable bonds is 4. The third-order valence-electron chi connectivity index (χ3n) is 5.39. The van der Waals surface area contributed by atoms with E-state index in [0.29, 0.717) is 18.7 Å². The van der Waals surface area contributed by atoms with E-state index in [1.165, 1.54) is 17.5 Å². The number of piperidine rings is 1. The van der Waals surface area contributed by atoms with Gasteiger partial charge in [-0.2, -0.15) is 4.31 Å². The molecule has 2 aliphatic rings. The number of carbonyl (C=O) groups is 1. The van der Waals surface area contributed by atoms with Gasteiger partial charge in [0.05, 0.1) is 17.4 Å². The highest BCUT2D eigenvalue weighted by molar-refractivity contribution is 7.89. The van der Waals surface area contributed by atoms with Crippen LogP contribution in [0.3, 0.4) is 0 Å². The van der Waals surface area contributed by atoms with Crippen molar-refractivity contribution >= 4 is 15.9 Å². The van der Waals surface area contributed by atoms with E-state index < -0.39 is 15.4 Å². The second-order valence-corrected chi connectivity index (χ2v) is 9.18. The number of ether oxygens (including phenoxy) is 1. The van der Waals surface area contributed by atoms with Crippen molar-refractivity contribution in [3.63, 3.8) is 0 Å². The zero-order chi connectivity index (χ0) is 18.2. The van der Waals surface area contributed by atoms with Crippen LogP contribution < -0.4 is 4.74 Å². The van der Waals surface area contributed by atoms with Crippen molar-refractivity contribution in [2.24, 2.45) is 5.41 Å². The molecule has 2 aliphatic heterocycles. The minimum absolute atomic E-state index is 0.108. The standard InChI is InChI=1S/C18H26N2O4S/c1-14(2)20-10-5-8-18(17(20)21)9-11-19(13-18)25(22,23)16-7-4-6-15(12-16)24-3/h4,6-7,12,14H,5,8-11,13H2,1-3H3/t18-/m1/s1. The average Bonchev–Trinajstić information content (AvgIpc) is 3.03. The van der Waals surface area contributed by atoms with Crippen LogP contribution in [0.15, 0.2) is 29.2 Å². The Morgan fingerprint density at radius 1 is 1.20 bits per heavy atom. The first kappa shape index (κ1) is 18.2. The van der Waals surface area contributed by atoms with E-state index in [1.54, 1.807) is 18.2 Å². The molecule has 0 aliphatic carbocycles. The maximum Gasteiger partial charge on any atom is 0.243 e. The summed E-state index contributed by atoms with van der Waals surface area (Å²) in [4.78, 5) is 15.1. The molecule has 0 saturated carbocycles. The summed E-state index contributed by atoms with van der Waals surface area (Å²) in [6.07, 6.45) is 2.29. The Morgan fingerprint density at radius 2 is 1.96 bits per heavy atom. The highest BCUT2D eigenvalue weighted by Gasteiger charge is 2.51. The second kappa shape index (κ2) is 6.61. The fraction of sp³-hybridized carbons (Fsp3) is 0.611. The van der Waals surface area contributed by atoms with Gasteiger partial charge in [0, 0.05) is 31.7 Å². The first-order valence-corrected chi connectivity index (χ1v) is 10.2. The lowest BCUT2D eigenvalue weighted by molar-refractivity contribution is -0.147. The number of methoxy groups -OCH3 is 1. The molecule has 0 aromatic heterocycles. The van der Waals surface area contributed by atoms with Crippen LogP contribution in [0.5, 0.6) is 5.75 Å². The van der Waals surface area contributed by atoms with Gasteiger partial charge in [-0.25, -0.2) is 8.42 Å². The van der Waals surface area contributed by atoms with Crippen LogP contribution in [0.1, 0.15) is 33.1 Å². The average molecular weight is 366 g/mol. The molecule has 0 N–H and O–H groups in total. The zero-order valence-corrected chi connectivity index (χ0v) is 15.9. The number of hydrogen-bond acceptors (Lipinski definition) is 4. The van der Waals surface area contributed by atoms with E-state index >= 15 is 0 Å². The number of nitrogens with zero attached hydrogens (tertiary/aromatic N) is 2. The van der Waals surface area contributed by atoms with Crippen molar-refractivity contribution in [3.8, 4) is 5.75 Å². The summed E-state index contributed by atoms with van der Waals surface area (Å²) < 4.78 is 32.6. The van der Waals surface area contributed by atoms with Crippen molar-refractivity contribution in [1.82, 2.24) is 9.21 Å². The van der Waals surface area contributed by atoms with Crippen LogP contribution >= 0.6 is 0 Å². The minimum Gasteiger partial charge on any atom is -0.497 e. The van der Waals surface area contributed by atoms with E-state index in [9.17, 15) is 13.2 Å². The minimum atomic E-state index is -3.63. The number of amides is 1. The Kier molecular flexibility index (Phi) is 4.81. The molecule has 0 bridgehead atoms. The molecule has 1 atom stereocenters. The fourth-order valence-electron chi connectivity index (χ4n) is 3.92. The Labute approximate surface area is 149 Å². The molecule has 1 aromatic rings. The maximum atomic E-state index is 13.0. The topological polar surface area (TPSA) is 66.9 Å². The molecular formula is C18H26N2O4S. The largest absolute Gasteiger partial charge is 0.497 e. The van der Waals surface area contributed by atoms with Gasteiger partial charge in [-0.3, -0.25) is 4.79 Å². The molecular weight excluding hydrogens is 340 g/mol. The fourth-order valence-corrected chi connectivity index (χ4v) is 5.49. The molecule has 2 saturated heterocycles. The SMILES string of the molecule is COc1cccc(S(=O)(=O)N2CC[C@]3(CCCN(C(C)C)C3=O)C2)c1. The predicted octanol–water partition coefficient (Wildman–Crippen LogP) is 2.11. The van der Waals surface area contributed by atoms with Crippen molar-refractivity contribution in [2.75, 3.05) is 26.7 Å². The molecule has 0 unspecified atom stereocenters. The van der Waals surface area contributed by atoms with Crippen molar-refractivity contribution < 1.29 is 17.9 Å². The van der Waals surface area contributed by atoms with Crippen LogP contribution in [0, 0.1) is 5.41 Å².